The van der Waals surface area contributed by atoms with Crippen LogP contribution in [0, 0.1) is 0 Å². The summed E-state index contributed by atoms with van der Waals surface area (Å²) in [6, 6.07) is 11.4. The van der Waals surface area contributed by atoms with Crippen molar-refractivity contribution in [1.29, 1.82) is 0 Å². The summed E-state index contributed by atoms with van der Waals surface area (Å²) in [6.07, 6.45) is 5.04. The third kappa shape index (κ3) is 4.28. The molecule has 2 heterocycles. The quantitative estimate of drug-likeness (QED) is 0.508. The number of primary sulfonamides is 1. The highest BCUT2D eigenvalue weighted by Gasteiger charge is 2.29. The maximum absolute atomic E-state index is 12.8. The third-order valence-corrected chi connectivity index (χ3v) is 8.54. The minimum Gasteiger partial charge on any atom is -0.493 e. The SMILES string of the molecule is NS(=O)(=O)c1ccc(N=c2sc(C3=c4cc(Br)ccc4=NC3=O)c(O)n2C2CCCCC2)cc1. The first-order chi connectivity index (χ1) is 16.2. The maximum atomic E-state index is 12.8. The maximum Gasteiger partial charge on any atom is 0.279 e. The number of hydrogen-bond donors (Lipinski definition) is 2. The summed E-state index contributed by atoms with van der Waals surface area (Å²) in [4.78, 5) is 22.7. The molecule has 176 valence electrons. The lowest BCUT2D eigenvalue weighted by atomic mass is 9.95. The van der Waals surface area contributed by atoms with E-state index in [4.69, 9.17) is 10.1 Å². The number of aromatic nitrogens is 1. The highest BCUT2D eigenvalue weighted by atomic mass is 79.9. The van der Waals surface area contributed by atoms with Crippen molar-refractivity contribution in [3.63, 3.8) is 0 Å². The van der Waals surface area contributed by atoms with Gasteiger partial charge in [-0.15, -0.1) is 0 Å². The standard InChI is InChI=1S/C23H21BrN4O4S2/c24-13-6-11-18-17(12-13)19(21(29)27-18)20-22(30)28(15-4-2-1-3-5-15)23(33-20)26-14-7-9-16(10-8-14)34(25,31)32/h6-12,15,30H,1-5H2,(H2,25,31,32). The van der Waals surface area contributed by atoms with Crippen molar-refractivity contribution >= 4 is 54.5 Å². The molecule has 0 unspecified atom stereocenters. The van der Waals surface area contributed by atoms with Crippen LogP contribution in [-0.4, -0.2) is 24.0 Å². The lowest BCUT2D eigenvalue weighted by Crippen LogP contribution is -2.23. The topological polar surface area (TPSA) is 127 Å². The largest absolute Gasteiger partial charge is 0.493 e. The van der Waals surface area contributed by atoms with Crippen LogP contribution in [0.1, 0.15) is 43.0 Å². The molecule has 0 spiro atoms. The van der Waals surface area contributed by atoms with Gasteiger partial charge >= 0.3 is 0 Å². The molecule has 2 aromatic carbocycles. The number of hydrogen-bond acceptors (Lipinski definition) is 6. The Morgan fingerprint density at radius 2 is 1.82 bits per heavy atom. The van der Waals surface area contributed by atoms with E-state index in [0.717, 1.165) is 36.6 Å². The van der Waals surface area contributed by atoms with Crippen LogP contribution >= 0.6 is 27.3 Å². The molecule has 1 aromatic heterocycles. The molecule has 3 aromatic rings. The van der Waals surface area contributed by atoms with Crippen LogP contribution in [0.4, 0.5) is 5.69 Å². The minimum absolute atomic E-state index is 0.00257. The molecule has 1 aliphatic carbocycles. The predicted molar refractivity (Wildman–Crippen MR) is 132 cm³/mol. The number of nitrogens with zero attached hydrogens (tertiary/aromatic N) is 3. The van der Waals surface area contributed by atoms with Crippen molar-refractivity contribution in [3.8, 4) is 5.88 Å². The van der Waals surface area contributed by atoms with Crippen molar-refractivity contribution in [2.75, 3.05) is 0 Å². The second kappa shape index (κ2) is 8.88. The summed E-state index contributed by atoms with van der Waals surface area (Å²) in [7, 11) is -3.81. The fourth-order valence-electron chi connectivity index (χ4n) is 4.42. The van der Waals surface area contributed by atoms with Gasteiger partial charge < -0.3 is 5.11 Å². The fraction of sp³-hybridized carbons (Fsp3) is 0.261. The van der Waals surface area contributed by atoms with E-state index in [1.807, 2.05) is 16.7 Å². The molecular formula is C23H21BrN4O4S2. The number of carbonyl (C=O) groups is 1. The zero-order chi connectivity index (χ0) is 24.0. The van der Waals surface area contributed by atoms with Gasteiger partial charge in [0, 0.05) is 15.7 Å². The van der Waals surface area contributed by atoms with E-state index in [9.17, 15) is 18.3 Å². The summed E-state index contributed by atoms with van der Waals surface area (Å²) in [5.74, 6) is -0.396. The molecule has 1 aliphatic heterocycles. The molecule has 0 atom stereocenters. The minimum atomic E-state index is -3.81. The van der Waals surface area contributed by atoms with Crippen LogP contribution in [0.2, 0.25) is 0 Å². The van der Waals surface area contributed by atoms with Crippen molar-refractivity contribution in [3.05, 3.63) is 67.2 Å². The van der Waals surface area contributed by atoms with Crippen LogP contribution in [0.3, 0.4) is 0 Å². The number of halogens is 1. The molecule has 0 bridgehead atoms. The molecule has 2 aliphatic rings. The van der Waals surface area contributed by atoms with E-state index in [0.29, 0.717) is 31.5 Å². The van der Waals surface area contributed by atoms with Gasteiger partial charge in [0.05, 0.1) is 21.5 Å². The number of sulfonamides is 1. The van der Waals surface area contributed by atoms with Gasteiger partial charge in [-0.2, -0.15) is 0 Å². The Bertz CT molecular complexity index is 1600. The zero-order valence-electron chi connectivity index (χ0n) is 17.9. The first-order valence-electron chi connectivity index (χ1n) is 10.8. The lowest BCUT2D eigenvalue weighted by molar-refractivity contribution is -0.112. The normalized spacial score (nSPS) is 17.2. The number of carbonyl (C=O) groups excluding carboxylic acids is 1. The molecular weight excluding hydrogens is 540 g/mol. The van der Waals surface area contributed by atoms with Gasteiger partial charge in [0.25, 0.3) is 5.91 Å². The summed E-state index contributed by atoms with van der Waals surface area (Å²) in [6.45, 7) is 0. The Morgan fingerprint density at radius 1 is 1.12 bits per heavy atom. The number of amides is 1. The number of benzene rings is 2. The summed E-state index contributed by atoms with van der Waals surface area (Å²) >= 11 is 4.67. The van der Waals surface area contributed by atoms with E-state index >= 15 is 0 Å². The Balaban J connectivity index is 1.72. The van der Waals surface area contributed by atoms with Crippen LogP contribution in [-0.2, 0) is 14.8 Å². The fourth-order valence-corrected chi connectivity index (χ4v) is 6.45. The Morgan fingerprint density at radius 3 is 2.50 bits per heavy atom. The van der Waals surface area contributed by atoms with Crippen molar-refractivity contribution in [2.45, 2.75) is 43.0 Å². The first-order valence-corrected chi connectivity index (χ1v) is 13.9. The summed E-state index contributed by atoms with van der Waals surface area (Å²) in [5.41, 5.74) is 0.870. The van der Waals surface area contributed by atoms with Gasteiger partial charge in [-0.25, -0.2) is 23.5 Å². The van der Waals surface area contributed by atoms with Crippen LogP contribution in [0.25, 0.3) is 5.57 Å². The van der Waals surface area contributed by atoms with Crippen LogP contribution in [0.5, 0.6) is 5.88 Å². The van der Waals surface area contributed by atoms with E-state index in [-0.39, 0.29) is 16.8 Å². The van der Waals surface area contributed by atoms with E-state index in [1.165, 1.54) is 23.5 Å². The van der Waals surface area contributed by atoms with Gasteiger partial charge in [0.2, 0.25) is 15.9 Å². The molecule has 0 radical (unpaired) electrons. The van der Waals surface area contributed by atoms with E-state index in [1.54, 1.807) is 18.2 Å². The number of rotatable bonds is 4. The molecule has 11 heteroatoms. The molecule has 1 saturated carbocycles. The highest BCUT2D eigenvalue weighted by Crippen LogP contribution is 2.36. The molecule has 0 saturated heterocycles. The lowest BCUT2D eigenvalue weighted by Gasteiger charge is -2.23. The van der Waals surface area contributed by atoms with Gasteiger partial charge in [-0.1, -0.05) is 46.5 Å². The number of nitrogens with two attached hydrogens (primary N) is 1. The van der Waals surface area contributed by atoms with Crippen molar-refractivity contribution in [1.82, 2.24) is 4.57 Å². The predicted octanol–water partition coefficient (Wildman–Crippen LogP) is 2.76. The Hall–Kier alpha value is -2.60. The van der Waals surface area contributed by atoms with Crippen LogP contribution < -0.4 is 20.5 Å². The second-order valence-corrected chi connectivity index (χ2v) is 11.8. The highest BCUT2D eigenvalue weighted by molar-refractivity contribution is 9.10. The summed E-state index contributed by atoms with van der Waals surface area (Å²) < 4.78 is 25.8. The van der Waals surface area contributed by atoms with Gasteiger partial charge in [-0.05, 0) is 55.3 Å². The number of aromatic hydroxyl groups is 1. The van der Waals surface area contributed by atoms with E-state index in [2.05, 4.69) is 20.9 Å². The zero-order valence-corrected chi connectivity index (χ0v) is 21.2. The molecule has 3 N–H and O–H groups in total. The number of thiazole rings is 1. The monoisotopic (exact) mass is 560 g/mol. The van der Waals surface area contributed by atoms with Crippen LogP contribution in [0.15, 0.2) is 61.8 Å². The third-order valence-electron chi connectivity index (χ3n) is 6.05. The average Bonchev–Trinajstić information content (AvgIpc) is 3.28. The van der Waals surface area contributed by atoms with Gasteiger partial charge in [0.15, 0.2) is 4.80 Å². The molecule has 1 amide bonds. The smallest absolute Gasteiger partial charge is 0.279 e. The van der Waals surface area contributed by atoms with Gasteiger partial charge in [-0.3, -0.25) is 9.36 Å². The summed E-state index contributed by atoms with van der Waals surface area (Å²) in [5, 5.41) is 17.8. The second-order valence-electron chi connectivity index (χ2n) is 8.30. The Kier molecular flexibility index (Phi) is 6.05. The average molecular weight is 561 g/mol. The van der Waals surface area contributed by atoms with Crippen molar-refractivity contribution in [2.24, 2.45) is 15.1 Å². The van der Waals surface area contributed by atoms with Gasteiger partial charge in [0.1, 0.15) is 4.88 Å². The molecule has 5 rings (SSSR count). The Labute approximate surface area is 208 Å². The molecule has 34 heavy (non-hydrogen) atoms. The molecule has 8 nitrogen and oxygen atoms in total. The number of fused-ring (bicyclic) bond motifs is 1. The van der Waals surface area contributed by atoms with E-state index < -0.39 is 15.9 Å². The van der Waals surface area contributed by atoms with Crippen molar-refractivity contribution < 1.29 is 18.3 Å². The first kappa shape index (κ1) is 23.2. The molecule has 1 fully saturated rings.